The molecular weight excluding hydrogens is 311 g/mol. The summed E-state index contributed by atoms with van der Waals surface area (Å²) in [5.41, 5.74) is 8.42. The van der Waals surface area contributed by atoms with Crippen LogP contribution in [0.15, 0.2) is 34.9 Å². The molecule has 0 atom stereocenters. The smallest absolute Gasteiger partial charge is 0.207 e. The molecule has 0 aliphatic rings. The number of hydrogen-bond donors (Lipinski definition) is 1. The average molecular weight is 321 g/mol. The fourth-order valence-electron chi connectivity index (χ4n) is 2.01. The molecule has 0 aliphatic carbocycles. The van der Waals surface area contributed by atoms with Crippen molar-refractivity contribution in [1.29, 1.82) is 0 Å². The highest BCUT2D eigenvalue weighted by molar-refractivity contribution is 9.10. The van der Waals surface area contributed by atoms with E-state index in [0.717, 1.165) is 5.56 Å². The molecule has 0 spiro atoms. The molecule has 19 heavy (non-hydrogen) atoms. The Morgan fingerprint density at radius 1 is 1.32 bits per heavy atom. The normalized spacial score (nSPS) is 11.1. The summed E-state index contributed by atoms with van der Waals surface area (Å²) in [6.07, 6.45) is 1.66. The lowest BCUT2D eigenvalue weighted by Crippen LogP contribution is -2.03. The Bertz CT molecular complexity index is 782. The molecule has 6 heteroatoms. The molecule has 0 radical (unpaired) electrons. The van der Waals surface area contributed by atoms with Gasteiger partial charge in [0, 0.05) is 10.7 Å². The summed E-state index contributed by atoms with van der Waals surface area (Å²) in [6, 6.07) is 6.62. The third-order valence-electron chi connectivity index (χ3n) is 2.92. The molecule has 1 aromatic carbocycles. The fourth-order valence-corrected chi connectivity index (χ4v) is 2.34. The van der Waals surface area contributed by atoms with Crippen molar-refractivity contribution in [3.8, 4) is 5.69 Å². The van der Waals surface area contributed by atoms with Gasteiger partial charge in [-0.05, 0) is 36.8 Å². The van der Waals surface area contributed by atoms with E-state index in [2.05, 4.69) is 25.9 Å². The molecule has 3 aromatic rings. The van der Waals surface area contributed by atoms with Crippen LogP contribution in [0.4, 0.5) is 10.3 Å². The Labute approximate surface area is 117 Å². The SMILES string of the molecule is Cc1ccnc2c1nc(N)n2-c1ccc(Br)cc1F. The zero-order valence-electron chi connectivity index (χ0n) is 10.1. The molecule has 4 nitrogen and oxygen atoms in total. The second kappa shape index (κ2) is 4.31. The van der Waals surface area contributed by atoms with Gasteiger partial charge in [-0.3, -0.25) is 4.57 Å². The maximum atomic E-state index is 14.1. The molecule has 0 saturated heterocycles. The van der Waals surface area contributed by atoms with E-state index in [1.165, 1.54) is 10.6 Å². The molecule has 0 fully saturated rings. The Kier molecular flexibility index (Phi) is 2.74. The highest BCUT2D eigenvalue weighted by Crippen LogP contribution is 2.26. The molecule has 3 rings (SSSR count). The first-order valence-corrected chi connectivity index (χ1v) is 6.42. The van der Waals surface area contributed by atoms with Gasteiger partial charge in [-0.2, -0.15) is 0 Å². The van der Waals surface area contributed by atoms with E-state index in [1.54, 1.807) is 18.3 Å². The highest BCUT2D eigenvalue weighted by Gasteiger charge is 2.15. The maximum Gasteiger partial charge on any atom is 0.207 e. The topological polar surface area (TPSA) is 56.7 Å². The number of aryl methyl sites for hydroxylation is 1. The molecule has 0 unspecified atom stereocenters. The van der Waals surface area contributed by atoms with Crippen LogP contribution in [0.2, 0.25) is 0 Å². The number of nitrogens with zero attached hydrogens (tertiary/aromatic N) is 3. The molecule has 2 heterocycles. The Morgan fingerprint density at radius 3 is 2.84 bits per heavy atom. The number of pyridine rings is 1. The van der Waals surface area contributed by atoms with Crippen molar-refractivity contribution in [2.45, 2.75) is 6.92 Å². The number of nitrogens with two attached hydrogens (primary N) is 1. The second-order valence-electron chi connectivity index (χ2n) is 4.20. The van der Waals surface area contributed by atoms with Gasteiger partial charge in [0.2, 0.25) is 5.95 Å². The quantitative estimate of drug-likeness (QED) is 0.749. The van der Waals surface area contributed by atoms with E-state index in [0.29, 0.717) is 21.3 Å². The predicted octanol–water partition coefficient (Wildman–Crippen LogP) is 3.21. The summed E-state index contributed by atoms with van der Waals surface area (Å²) in [4.78, 5) is 8.50. The summed E-state index contributed by atoms with van der Waals surface area (Å²) in [7, 11) is 0. The molecule has 96 valence electrons. The molecule has 0 saturated carbocycles. The minimum Gasteiger partial charge on any atom is -0.369 e. The van der Waals surface area contributed by atoms with Gasteiger partial charge < -0.3 is 5.73 Å². The van der Waals surface area contributed by atoms with E-state index >= 15 is 0 Å². The average Bonchev–Trinajstić information content (AvgIpc) is 2.68. The number of benzene rings is 1. The number of rotatable bonds is 1. The minimum absolute atomic E-state index is 0.220. The standard InChI is InChI=1S/C13H10BrFN4/c1-7-4-5-17-12-11(7)18-13(16)19(12)10-3-2-8(14)6-9(10)15/h2-6H,1H3,(H2,16,18). The first kappa shape index (κ1) is 12.1. The lowest BCUT2D eigenvalue weighted by Gasteiger charge is -2.07. The van der Waals surface area contributed by atoms with Crippen molar-refractivity contribution in [3.63, 3.8) is 0 Å². The first-order valence-electron chi connectivity index (χ1n) is 5.63. The van der Waals surface area contributed by atoms with Crippen molar-refractivity contribution in [3.05, 3.63) is 46.3 Å². The third kappa shape index (κ3) is 1.88. The van der Waals surface area contributed by atoms with Crippen molar-refractivity contribution in [1.82, 2.24) is 14.5 Å². The summed E-state index contributed by atoms with van der Waals surface area (Å²) in [5.74, 6) is -0.165. The number of imidazole rings is 1. The Hall–Kier alpha value is -1.95. The van der Waals surface area contributed by atoms with E-state index < -0.39 is 0 Å². The molecule has 0 aliphatic heterocycles. The predicted molar refractivity (Wildman–Crippen MR) is 75.7 cm³/mol. The number of aromatic nitrogens is 3. The van der Waals surface area contributed by atoms with Crippen LogP contribution in [-0.4, -0.2) is 14.5 Å². The van der Waals surface area contributed by atoms with E-state index in [4.69, 9.17) is 5.73 Å². The lowest BCUT2D eigenvalue weighted by molar-refractivity contribution is 0.619. The van der Waals surface area contributed by atoms with Crippen LogP contribution in [0, 0.1) is 12.7 Å². The third-order valence-corrected chi connectivity index (χ3v) is 3.42. The van der Waals surface area contributed by atoms with E-state index in [9.17, 15) is 4.39 Å². The van der Waals surface area contributed by atoms with Gasteiger partial charge in [0.1, 0.15) is 11.3 Å². The van der Waals surface area contributed by atoms with Gasteiger partial charge >= 0.3 is 0 Å². The van der Waals surface area contributed by atoms with Gasteiger partial charge in [-0.1, -0.05) is 15.9 Å². The van der Waals surface area contributed by atoms with Crippen LogP contribution in [0.25, 0.3) is 16.9 Å². The first-order chi connectivity index (χ1) is 9.08. The number of hydrogen-bond acceptors (Lipinski definition) is 3. The van der Waals surface area contributed by atoms with Gasteiger partial charge in [0.25, 0.3) is 0 Å². The summed E-state index contributed by atoms with van der Waals surface area (Å²) in [5, 5.41) is 0. The van der Waals surface area contributed by atoms with Crippen LogP contribution >= 0.6 is 15.9 Å². The van der Waals surface area contributed by atoms with E-state index in [1.807, 2.05) is 13.0 Å². The number of fused-ring (bicyclic) bond motifs is 1. The zero-order valence-corrected chi connectivity index (χ0v) is 11.6. The highest BCUT2D eigenvalue weighted by atomic mass is 79.9. The van der Waals surface area contributed by atoms with Crippen LogP contribution in [0.5, 0.6) is 0 Å². The van der Waals surface area contributed by atoms with Crippen molar-refractivity contribution < 1.29 is 4.39 Å². The van der Waals surface area contributed by atoms with E-state index in [-0.39, 0.29) is 11.8 Å². The molecule has 0 amide bonds. The van der Waals surface area contributed by atoms with Crippen LogP contribution in [-0.2, 0) is 0 Å². The molecule has 2 N–H and O–H groups in total. The molecule has 2 aromatic heterocycles. The van der Waals surface area contributed by atoms with Crippen molar-refractivity contribution in [2.75, 3.05) is 5.73 Å². The maximum absolute atomic E-state index is 14.1. The number of halogens is 2. The van der Waals surface area contributed by atoms with Crippen molar-refractivity contribution in [2.24, 2.45) is 0 Å². The number of anilines is 1. The van der Waals surface area contributed by atoms with Gasteiger partial charge in [-0.15, -0.1) is 0 Å². The Balaban J connectivity index is 2.36. The largest absolute Gasteiger partial charge is 0.369 e. The van der Waals surface area contributed by atoms with Crippen LogP contribution in [0.3, 0.4) is 0 Å². The van der Waals surface area contributed by atoms with Gasteiger partial charge in [-0.25, -0.2) is 14.4 Å². The van der Waals surface area contributed by atoms with Crippen molar-refractivity contribution >= 4 is 33.0 Å². The van der Waals surface area contributed by atoms with Gasteiger partial charge in [0.15, 0.2) is 5.65 Å². The molecule has 0 bridgehead atoms. The molecular formula is C13H10BrFN4. The monoisotopic (exact) mass is 320 g/mol. The van der Waals surface area contributed by atoms with Crippen LogP contribution < -0.4 is 5.73 Å². The minimum atomic E-state index is -0.385. The Morgan fingerprint density at radius 2 is 2.11 bits per heavy atom. The summed E-state index contributed by atoms with van der Waals surface area (Å²) in [6.45, 7) is 1.92. The van der Waals surface area contributed by atoms with Gasteiger partial charge in [0.05, 0.1) is 5.69 Å². The second-order valence-corrected chi connectivity index (χ2v) is 5.12. The van der Waals surface area contributed by atoms with Crippen LogP contribution in [0.1, 0.15) is 5.56 Å². The summed E-state index contributed by atoms with van der Waals surface area (Å²) < 4.78 is 16.2. The number of nitrogen functional groups attached to an aromatic ring is 1. The zero-order chi connectivity index (χ0) is 13.6. The summed E-state index contributed by atoms with van der Waals surface area (Å²) >= 11 is 3.23. The lowest BCUT2D eigenvalue weighted by atomic mass is 10.2. The fraction of sp³-hybridized carbons (Fsp3) is 0.0769.